The Morgan fingerprint density at radius 1 is 1.12 bits per heavy atom. The Morgan fingerprint density at radius 3 is 2.65 bits per heavy atom. The van der Waals surface area contributed by atoms with Crippen LogP contribution in [-0.2, 0) is 6.54 Å². The van der Waals surface area contributed by atoms with E-state index >= 15 is 0 Å². The molecule has 0 spiro atoms. The van der Waals surface area contributed by atoms with Gasteiger partial charge in [-0.2, -0.15) is 4.39 Å². The molecule has 0 aliphatic carbocycles. The second-order valence-electron chi connectivity index (χ2n) is 4.70. The monoisotopic (exact) mass is 244 g/mol. The average Bonchev–Trinajstić information content (AvgIpc) is 2.33. The molecule has 2 bridgehead atoms. The molecule has 0 saturated carbocycles. The molecular weight excluding hydrogens is 233 g/mol. The van der Waals surface area contributed by atoms with Gasteiger partial charge in [-0.25, -0.2) is 8.78 Å². The Morgan fingerprint density at radius 2 is 1.88 bits per heavy atom. The van der Waals surface area contributed by atoms with Gasteiger partial charge in [0.2, 0.25) is 11.6 Å². The van der Waals surface area contributed by atoms with Crippen LogP contribution in [0.4, 0.5) is 13.2 Å². The number of piperidine rings is 1. The number of halogens is 3. The van der Waals surface area contributed by atoms with E-state index in [1.807, 2.05) is 0 Å². The lowest BCUT2D eigenvalue weighted by molar-refractivity contribution is 0.239. The molecule has 1 saturated heterocycles. The third-order valence-electron chi connectivity index (χ3n) is 3.60. The van der Waals surface area contributed by atoms with Gasteiger partial charge in [-0.05, 0) is 18.9 Å². The molecule has 0 aromatic carbocycles. The summed E-state index contributed by atoms with van der Waals surface area (Å²) in [6.45, 7) is 1.48. The van der Waals surface area contributed by atoms with Gasteiger partial charge in [0.1, 0.15) is 0 Å². The number of pyridine rings is 1. The molecule has 0 amide bonds. The minimum absolute atomic E-state index is 0.0114. The van der Waals surface area contributed by atoms with Crippen LogP contribution in [0.3, 0.4) is 0 Å². The highest BCUT2D eigenvalue weighted by atomic mass is 19.2. The molecule has 3 heterocycles. The number of nitrogens with zero attached hydrogens (tertiary/aromatic N) is 1. The standard InChI is InChI=1S/C11H11F3N2O/c12-7-8(13)10-6-1-5(2-15-3-6)4-16(10)11(17)9(7)14/h5-6,15H,1-4H2/t5-,6+/m0/s1. The van der Waals surface area contributed by atoms with Crippen molar-refractivity contribution in [2.24, 2.45) is 5.92 Å². The Hall–Kier alpha value is -1.30. The molecule has 17 heavy (non-hydrogen) atoms. The van der Waals surface area contributed by atoms with Crippen LogP contribution in [0.2, 0.25) is 0 Å². The van der Waals surface area contributed by atoms with Gasteiger partial charge in [0.25, 0.3) is 5.56 Å². The van der Waals surface area contributed by atoms with Crippen molar-refractivity contribution in [3.8, 4) is 0 Å². The zero-order chi connectivity index (χ0) is 12.2. The summed E-state index contributed by atoms with van der Waals surface area (Å²) in [5, 5.41) is 3.11. The minimum Gasteiger partial charge on any atom is -0.316 e. The van der Waals surface area contributed by atoms with E-state index in [4.69, 9.17) is 0 Å². The summed E-state index contributed by atoms with van der Waals surface area (Å²) in [5.74, 6) is -4.53. The first kappa shape index (κ1) is 10.8. The fourth-order valence-corrected chi connectivity index (χ4v) is 2.87. The molecule has 1 fully saturated rings. The number of aromatic nitrogens is 1. The second kappa shape index (κ2) is 3.60. The first-order valence-corrected chi connectivity index (χ1v) is 5.57. The lowest BCUT2D eigenvalue weighted by Gasteiger charge is -2.37. The molecule has 2 aliphatic heterocycles. The van der Waals surface area contributed by atoms with Crippen LogP contribution in [-0.4, -0.2) is 17.7 Å². The predicted octanol–water partition coefficient (Wildman–Crippen LogP) is 0.972. The predicted molar refractivity (Wildman–Crippen MR) is 54.3 cm³/mol. The molecule has 3 nitrogen and oxygen atoms in total. The maximum absolute atomic E-state index is 13.7. The smallest absolute Gasteiger partial charge is 0.290 e. The molecule has 2 atom stereocenters. The fourth-order valence-electron chi connectivity index (χ4n) is 2.87. The Bertz CT molecular complexity index is 540. The van der Waals surface area contributed by atoms with Crippen molar-refractivity contribution in [3.05, 3.63) is 33.5 Å². The van der Waals surface area contributed by atoms with E-state index in [1.165, 1.54) is 0 Å². The van der Waals surface area contributed by atoms with Gasteiger partial charge < -0.3 is 9.88 Å². The Kier molecular flexibility index (Phi) is 2.29. The van der Waals surface area contributed by atoms with Crippen molar-refractivity contribution < 1.29 is 13.2 Å². The lowest BCUT2D eigenvalue weighted by Crippen LogP contribution is -2.46. The quantitative estimate of drug-likeness (QED) is 0.738. The van der Waals surface area contributed by atoms with E-state index in [1.54, 1.807) is 0 Å². The molecule has 0 radical (unpaired) electrons. The van der Waals surface area contributed by atoms with Crippen LogP contribution in [0.1, 0.15) is 18.0 Å². The SMILES string of the molecule is O=c1c(F)c(F)c(F)c2n1C[C@@H]1CNC[C@H]2C1. The highest BCUT2D eigenvalue weighted by Gasteiger charge is 2.36. The van der Waals surface area contributed by atoms with Crippen molar-refractivity contribution in [1.82, 2.24) is 9.88 Å². The summed E-state index contributed by atoms with van der Waals surface area (Å²) in [6, 6.07) is 0. The summed E-state index contributed by atoms with van der Waals surface area (Å²) < 4.78 is 41.2. The van der Waals surface area contributed by atoms with E-state index in [0.29, 0.717) is 13.0 Å². The normalized spacial score (nSPS) is 26.8. The third kappa shape index (κ3) is 1.43. The molecule has 1 N–H and O–H groups in total. The third-order valence-corrected chi connectivity index (χ3v) is 3.60. The summed E-state index contributed by atoms with van der Waals surface area (Å²) in [7, 11) is 0. The topological polar surface area (TPSA) is 34.0 Å². The Labute approximate surface area is 95.2 Å². The average molecular weight is 244 g/mol. The van der Waals surface area contributed by atoms with Crippen LogP contribution in [0, 0.1) is 23.4 Å². The molecule has 2 aliphatic rings. The summed E-state index contributed by atoms with van der Waals surface area (Å²) in [4.78, 5) is 11.6. The van der Waals surface area contributed by atoms with E-state index in [-0.39, 0.29) is 24.1 Å². The van der Waals surface area contributed by atoms with Crippen LogP contribution >= 0.6 is 0 Å². The van der Waals surface area contributed by atoms with Crippen molar-refractivity contribution in [2.75, 3.05) is 13.1 Å². The maximum Gasteiger partial charge on any atom is 0.290 e. The molecule has 92 valence electrons. The molecule has 3 rings (SSSR count). The number of nitrogens with one attached hydrogen (secondary N) is 1. The van der Waals surface area contributed by atoms with E-state index in [0.717, 1.165) is 11.1 Å². The molecule has 6 heteroatoms. The van der Waals surface area contributed by atoms with Gasteiger partial charge in [0.05, 0.1) is 5.69 Å². The van der Waals surface area contributed by atoms with Crippen LogP contribution in [0.15, 0.2) is 4.79 Å². The van der Waals surface area contributed by atoms with Crippen LogP contribution in [0.5, 0.6) is 0 Å². The Balaban J connectivity index is 2.28. The zero-order valence-electron chi connectivity index (χ0n) is 8.97. The second-order valence-corrected chi connectivity index (χ2v) is 4.70. The van der Waals surface area contributed by atoms with Crippen molar-refractivity contribution in [1.29, 1.82) is 0 Å². The largest absolute Gasteiger partial charge is 0.316 e. The van der Waals surface area contributed by atoms with Gasteiger partial charge in [-0.1, -0.05) is 0 Å². The van der Waals surface area contributed by atoms with Crippen molar-refractivity contribution in [3.63, 3.8) is 0 Å². The number of hydrogen-bond donors (Lipinski definition) is 1. The number of rotatable bonds is 0. The molecule has 1 aromatic heterocycles. The van der Waals surface area contributed by atoms with Gasteiger partial charge in [-0.15, -0.1) is 0 Å². The maximum atomic E-state index is 13.7. The highest BCUT2D eigenvalue weighted by molar-refractivity contribution is 5.21. The number of hydrogen-bond acceptors (Lipinski definition) is 2. The van der Waals surface area contributed by atoms with Gasteiger partial charge >= 0.3 is 0 Å². The van der Waals surface area contributed by atoms with Gasteiger partial charge in [0.15, 0.2) is 5.82 Å². The summed E-state index contributed by atoms with van der Waals surface area (Å²) in [5.41, 5.74) is -1.03. The zero-order valence-corrected chi connectivity index (χ0v) is 8.97. The summed E-state index contributed by atoms with van der Waals surface area (Å²) >= 11 is 0. The number of fused-ring (bicyclic) bond motifs is 4. The first-order valence-electron chi connectivity index (χ1n) is 5.57. The van der Waals surface area contributed by atoms with Crippen LogP contribution in [0.25, 0.3) is 0 Å². The minimum atomic E-state index is -1.65. The van der Waals surface area contributed by atoms with E-state index < -0.39 is 23.0 Å². The van der Waals surface area contributed by atoms with Crippen molar-refractivity contribution >= 4 is 0 Å². The molecule has 1 aromatic rings. The highest BCUT2D eigenvalue weighted by Crippen LogP contribution is 2.34. The van der Waals surface area contributed by atoms with E-state index in [2.05, 4.69) is 5.32 Å². The molecule has 0 unspecified atom stereocenters. The fraction of sp³-hybridized carbons (Fsp3) is 0.545. The first-order chi connectivity index (χ1) is 8.09. The summed E-state index contributed by atoms with van der Waals surface area (Å²) in [6.07, 6.45) is 0.717. The van der Waals surface area contributed by atoms with Gasteiger partial charge in [0, 0.05) is 19.0 Å². The van der Waals surface area contributed by atoms with Gasteiger partial charge in [-0.3, -0.25) is 4.79 Å². The lowest BCUT2D eigenvalue weighted by atomic mass is 9.84. The van der Waals surface area contributed by atoms with Crippen molar-refractivity contribution in [2.45, 2.75) is 18.9 Å². The molecular formula is C11H11F3N2O. The van der Waals surface area contributed by atoms with Crippen LogP contribution < -0.4 is 10.9 Å². The van der Waals surface area contributed by atoms with E-state index in [9.17, 15) is 18.0 Å².